The number of ether oxygens (including phenoxy) is 1. The summed E-state index contributed by atoms with van der Waals surface area (Å²) < 4.78 is 37.5. The lowest BCUT2D eigenvalue weighted by atomic mass is 9.89. The van der Waals surface area contributed by atoms with E-state index >= 15 is 0 Å². The van der Waals surface area contributed by atoms with E-state index in [-0.39, 0.29) is 34.4 Å². The number of nitrogens with zero attached hydrogens (tertiary/aromatic N) is 6. The highest BCUT2D eigenvalue weighted by Gasteiger charge is 2.30. The van der Waals surface area contributed by atoms with Gasteiger partial charge in [-0.3, -0.25) is 14.5 Å². The summed E-state index contributed by atoms with van der Waals surface area (Å²) in [7, 11) is 1.51. The highest BCUT2D eigenvalue weighted by molar-refractivity contribution is 5.91. The van der Waals surface area contributed by atoms with Crippen LogP contribution in [0.15, 0.2) is 41.5 Å². The Kier molecular flexibility index (Phi) is 4.98. The van der Waals surface area contributed by atoms with Gasteiger partial charge in [0.15, 0.2) is 0 Å². The van der Waals surface area contributed by atoms with E-state index in [2.05, 4.69) is 15.4 Å². The van der Waals surface area contributed by atoms with Gasteiger partial charge in [-0.05, 0) is 43.9 Å². The number of benzene rings is 1. The Balaban J connectivity index is 1.43. The van der Waals surface area contributed by atoms with Crippen LogP contribution in [-0.4, -0.2) is 36.4 Å². The summed E-state index contributed by atoms with van der Waals surface area (Å²) in [5.74, 6) is -1.49. The van der Waals surface area contributed by atoms with Crippen LogP contribution in [0.3, 0.4) is 0 Å². The van der Waals surface area contributed by atoms with Crippen LogP contribution < -0.4 is 5.56 Å². The molecule has 1 aromatic carbocycles. The molecule has 10 heteroatoms. The molecular weight excluding hydrogens is 442 g/mol. The summed E-state index contributed by atoms with van der Waals surface area (Å²) in [4.78, 5) is 17.6. The molecule has 1 saturated heterocycles. The smallest absolute Gasteiger partial charge is 0.277 e. The molecule has 1 aliphatic heterocycles. The Bertz CT molecular complexity index is 1460. The predicted molar refractivity (Wildman–Crippen MR) is 119 cm³/mol. The lowest BCUT2D eigenvalue weighted by molar-refractivity contribution is 0.00463. The maximum absolute atomic E-state index is 14.7. The van der Waals surface area contributed by atoms with Gasteiger partial charge in [0.1, 0.15) is 22.8 Å². The summed E-state index contributed by atoms with van der Waals surface area (Å²) >= 11 is 0. The Morgan fingerprint density at radius 2 is 2.00 bits per heavy atom. The fourth-order valence-corrected chi connectivity index (χ4v) is 4.58. The monoisotopic (exact) mass is 464 g/mol. The van der Waals surface area contributed by atoms with E-state index in [1.807, 2.05) is 17.1 Å². The normalized spacial score (nSPS) is 20.7. The third-order valence-corrected chi connectivity index (χ3v) is 6.62. The van der Waals surface area contributed by atoms with Crippen molar-refractivity contribution in [1.29, 1.82) is 0 Å². The van der Waals surface area contributed by atoms with Crippen LogP contribution in [0, 0.1) is 11.6 Å². The van der Waals surface area contributed by atoms with E-state index in [1.165, 1.54) is 13.1 Å². The van der Waals surface area contributed by atoms with Crippen molar-refractivity contribution >= 4 is 10.9 Å². The maximum atomic E-state index is 14.7. The zero-order valence-corrected chi connectivity index (χ0v) is 18.5. The van der Waals surface area contributed by atoms with Crippen LogP contribution in [-0.2, 0) is 11.8 Å². The Hall–Kier alpha value is -3.53. The number of halogens is 2. The summed E-state index contributed by atoms with van der Waals surface area (Å²) in [6.45, 7) is 0.524. The molecule has 4 heterocycles. The number of hydrogen-bond donors (Lipinski definition) is 0. The third kappa shape index (κ3) is 3.67. The van der Waals surface area contributed by atoms with Gasteiger partial charge in [-0.2, -0.15) is 5.10 Å². The van der Waals surface area contributed by atoms with Crippen LogP contribution >= 0.6 is 0 Å². The van der Waals surface area contributed by atoms with Gasteiger partial charge in [0, 0.05) is 48.7 Å². The molecule has 3 aromatic heterocycles. The van der Waals surface area contributed by atoms with Gasteiger partial charge in [0.05, 0.1) is 23.7 Å². The molecule has 0 N–H and O–H groups in total. The molecule has 0 amide bonds. The summed E-state index contributed by atoms with van der Waals surface area (Å²) in [6, 6.07) is 5.48. The second kappa shape index (κ2) is 8.05. The number of pyridine rings is 1. The molecule has 1 saturated carbocycles. The molecule has 2 atom stereocenters. The number of fused-ring (bicyclic) bond motifs is 1. The standard InChI is InChI=1S/C24H22F2N6O2/c1-31-24(33)18-10-20(28-22(23(18)29-30-31)17-5-2-15(25)9-19(17)26)13-6-7-34-21(8-13)14-11-27-32(12-14)16-3-4-16/h2,5,9-13,16,21H,3-4,6-8H2,1H3/t13-,21+/m0/s1. The second-order valence-corrected chi connectivity index (χ2v) is 9.00. The van der Waals surface area contributed by atoms with Crippen molar-refractivity contribution < 1.29 is 13.5 Å². The van der Waals surface area contributed by atoms with Crippen LogP contribution in [0.4, 0.5) is 8.78 Å². The van der Waals surface area contributed by atoms with Gasteiger partial charge in [-0.25, -0.2) is 13.5 Å². The van der Waals surface area contributed by atoms with Crippen molar-refractivity contribution in [2.75, 3.05) is 6.61 Å². The fourth-order valence-electron chi connectivity index (χ4n) is 4.58. The number of hydrogen-bond acceptors (Lipinski definition) is 6. The minimum atomic E-state index is -0.772. The van der Waals surface area contributed by atoms with E-state index in [0.717, 1.165) is 35.2 Å². The molecular formula is C24H22F2N6O2. The van der Waals surface area contributed by atoms with Crippen molar-refractivity contribution in [2.24, 2.45) is 7.05 Å². The lowest BCUT2D eigenvalue weighted by Gasteiger charge is -2.29. The van der Waals surface area contributed by atoms with Gasteiger partial charge in [0.25, 0.3) is 5.56 Å². The molecule has 34 heavy (non-hydrogen) atoms. The lowest BCUT2D eigenvalue weighted by Crippen LogP contribution is -2.23. The first-order chi connectivity index (χ1) is 16.5. The molecule has 1 aliphatic carbocycles. The van der Waals surface area contributed by atoms with Crippen molar-refractivity contribution in [3.05, 3.63) is 69.9 Å². The molecule has 2 fully saturated rings. The summed E-state index contributed by atoms with van der Waals surface area (Å²) in [6.07, 6.45) is 7.41. The average Bonchev–Trinajstić information content (AvgIpc) is 3.57. The molecule has 0 unspecified atom stereocenters. The SMILES string of the molecule is Cn1nnc2c(-c3ccc(F)cc3F)nc([C@H]3CCO[C@@H](c4cnn(C5CC5)c4)C3)cc2c1=O. The van der Waals surface area contributed by atoms with Crippen molar-refractivity contribution in [2.45, 2.75) is 43.7 Å². The predicted octanol–water partition coefficient (Wildman–Crippen LogP) is 3.84. The van der Waals surface area contributed by atoms with E-state index in [4.69, 9.17) is 9.72 Å². The van der Waals surface area contributed by atoms with E-state index in [1.54, 1.807) is 6.07 Å². The highest BCUT2D eigenvalue weighted by Crippen LogP contribution is 2.40. The zero-order chi connectivity index (χ0) is 23.4. The van der Waals surface area contributed by atoms with Crippen LogP contribution in [0.2, 0.25) is 0 Å². The van der Waals surface area contributed by atoms with Crippen molar-refractivity contribution in [3.63, 3.8) is 0 Å². The molecule has 174 valence electrons. The van der Waals surface area contributed by atoms with Gasteiger partial charge in [-0.15, -0.1) is 5.10 Å². The number of rotatable bonds is 4. The quantitative estimate of drug-likeness (QED) is 0.456. The second-order valence-electron chi connectivity index (χ2n) is 9.00. The first kappa shape index (κ1) is 21.0. The summed E-state index contributed by atoms with van der Waals surface area (Å²) in [5.41, 5.74) is 1.76. The summed E-state index contributed by atoms with van der Waals surface area (Å²) in [5, 5.41) is 12.7. The van der Waals surface area contributed by atoms with Gasteiger partial charge in [-0.1, -0.05) is 5.21 Å². The minimum Gasteiger partial charge on any atom is -0.373 e. The third-order valence-electron chi connectivity index (χ3n) is 6.62. The maximum Gasteiger partial charge on any atom is 0.277 e. The first-order valence-electron chi connectivity index (χ1n) is 11.3. The van der Waals surface area contributed by atoms with Gasteiger partial charge in [0.2, 0.25) is 0 Å². The minimum absolute atomic E-state index is 0.0208. The largest absolute Gasteiger partial charge is 0.373 e. The molecule has 8 nitrogen and oxygen atoms in total. The molecule has 4 aromatic rings. The highest BCUT2D eigenvalue weighted by atomic mass is 19.1. The van der Waals surface area contributed by atoms with E-state index in [0.29, 0.717) is 36.6 Å². The topological polar surface area (TPSA) is 87.7 Å². The molecule has 2 aliphatic rings. The van der Waals surface area contributed by atoms with Crippen LogP contribution in [0.5, 0.6) is 0 Å². The number of aromatic nitrogens is 6. The van der Waals surface area contributed by atoms with Gasteiger partial charge < -0.3 is 4.74 Å². The molecule has 0 spiro atoms. The van der Waals surface area contributed by atoms with Crippen molar-refractivity contribution in [3.8, 4) is 11.3 Å². The Labute approximate surface area is 193 Å². The molecule has 6 rings (SSSR count). The average molecular weight is 464 g/mol. The van der Waals surface area contributed by atoms with E-state index < -0.39 is 11.6 Å². The number of aryl methyl sites for hydroxylation is 1. The molecule has 0 bridgehead atoms. The fraction of sp³-hybridized carbons (Fsp3) is 0.375. The Morgan fingerprint density at radius 1 is 1.15 bits per heavy atom. The first-order valence-corrected chi connectivity index (χ1v) is 11.3. The van der Waals surface area contributed by atoms with Gasteiger partial charge >= 0.3 is 0 Å². The van der Waals surface area contributed by atoms with Crippen molar-refractivity contribution in [1.82, 2.24) is 29.8 Å². The molecule has 0 radical (unpaired) electrons. The van der Waals surface area contributed by atoms with E-state index in [9.17, 15) is 13.6 Å². The van der Waals surface area contributed by atoms with Crippen LogP contribution in [0.1, 0.15) is 55.0 Å². The Morgan fingerprint density at radius 3 is 2.79 bits per heavy atom. The van der Waals surface area contributed by atoms with Crippen LogP contribution in [0.25, 0.3) is 22.2 Å². The zero-order valence-electron chi connectivity index (χ0n) is 18.5.